The van der Waals surface area contributed by atoms with Gasteiger partial charge in [-0.3, -0.25) is 4.90 Å². The van der Waals surface area contributed by atoms with E-state index in [0.717, 1.165) is 24.5 Å². The first kappa shape index (κ1) is 12.9. The van der Waals surface area contributed by atoms with Crippen LogP contribution in [0.2, 0.25) is 0 Å². The van der Waals surface area contributed by atoms with Gasteiger partial charge in [0.1, 0.15) is 11.5 Å². The van der Waals surface area contributed by atoms with E-state index in [-0.39, 0.29) is 0 Å². The molecule has 1 fully saturated rings. The molecule has 0 radical (unpaired) electrons. The fraction of sp³-hybridized carbons (Fsp3) is 0.533. The average Bonchev–Trinajstić information content (AvgIpc) is 3.09. The number of hydrogen-bond acceptors (Lipinski definition) is 4. The quantitative estimate of drug-likeness (QED) is 0.838. The lowest BCUT2D eigenvalue weighted by Crippen LogP contribution is -2.22. The van der Waals surface area contributed by atoms with E-state index in [2.05, 4.69) is 47.5 Å². The van der Waals surface area contributed by atoms with E-state index in [0.29, 0.717) is 12.0 Å². The van der Waals surface area contributed by atoms with Gasteiger partial charge in [0.2, 0.25) is 0 Å². The zero-order chi connectivity index (χ0) is 13.2. The van der Waals surface area contributed by atoms with Crippen LogP contribution in [0.1, 0.15) is 55.0 Å². The highest BCUT2D eigenvalue weighted by molar-refractivity contribution is 7.09. The topological polar surface area (TPSA) is 29.3 Å². The van der Waals surface area contributed by atoms with E-state index in [1.807, 2.05) is 11.3 Å². The lowest BCUT2D eigenvalue weighted by atomic mass is 10.1. The van der Waals surface area contributed by atoms with Gasteiger partial charge in [-0.05, 0) is 30.8 Å². The molecular weight excluding hydrogens is 256 g/mol. The lowest BCUT2D eigenvalue weighted by molar-refractivity contribution is 0.238. The van der Waals surface area contributed by atoms with Crippen LogP contribution in [0.25, 0.3) is 0 Å². The van der Waals surface area contributed by atoms with Crippen molar-refractivity contribution in [2.24, 2.45) is 0 Å². The second-order valence-corrected chi connectivity index (χ2v) is 6.55. The minimum absolute atomic E-state index is 0.411. The molecule has 0 spiro atoms. The van der Waals surface area contributed by atoms with Gasteiger partial charge in [0, 0.05) is 23.4 Å². The van der Waals surface area contributed by atoms with Gasteiger partial charge >= 0.3 is 0 Å². The lowest BCUT2D eigenvalue weighted by Gasteiger charge is -2.21. The van der Waals surface area contributed by atoms with Crippen molar-refractivity contribution in [3.8, 4) is 0 Å². The summed E-state index contributed by atoms with van der Waals surface area (Å²) in [5.41, 5.74) is 1.11. The Morgan fingerprint density at radius 1 is 1.53 bits per heavy atom. The van der Waals surface area contributed by atoms with Gasteiger partial charge in [0.15, 0.2) is 0 Å². The first-order valence-corrected chi connectivity index (χ1v) is 7.85. The molecule has 0 bridgehead atoms. The molecule has 1 unspecified atom stereocenters. The summed E-state index contributed by atoms with van der Waals surface area (Å²) in [4.78, 5) is 3.95. The molecular formula is C15H20N2OS. The maximum absolute atomic E-state index is 5.45. The number of aromatic nitrogens is 1. The Labute approximate surface area is 118 Å². The molecule has 0 aromatic carbocycles. The molecule has 3 nitrogen and oxygen atoms in total. The van der Waals surface area contributed by atoms with Crippen molar-refractivity contribution in [3.63, 3.8) is 0 Å². The van der Waals surface area contributed by atoms with E-state index in [9.17, 15) is 0 Å². The van der Waals surface area contributed by atoms with Crippen LogP contribution in [0.4, 0.5) is 0 Å². The molecule has 0 aliphatic carbocycles. The van der Waals surface area contributed by atoms with Crippen molar-refractivity contribution in [2.45, 2.75) is 45.2 Å². The van der Waals surface area contributed by atoms with E-state index in [1.54, 1.807) is 0 Å². The largest absolute Gasteiger partial charge is 0.361 e. The molecule has 1 aliphatic heterocycles. The standard InChI is InChI=1S/C15H20N2OS/c1-11(2)15-9-13(16-18-15)14-6-3-7-17(14)10-12-5-4-8-19-12/h4-5,8-9,11,14H,3,6-7,10H2,1-2H3. The van der Waals surface area contributed by atoms with E-state index in [1.165, 1.54) is 17.7 Å². The summed E-state index contributed by atoms with van der Waals surface area (Å²) in [6.07, 6.45) is 2.44. The van der Waals surface area contributed by atoms with Crippen molar-refractivity contribution < 1.29 is 4.52 Å². The molecule has 0 amide bonds. The second kappa shape index (κ2) is 5.47. The van der Waals surface area contributed by atoms with Gasteiger partial charge in [-0.2, -0.15) is 0 Å². The number of likely N-dealkylation sites (tertiary alicyclic amines) is 1. The first-order chi connectivity index (χ1) is 9.24. The number of thiophene rings is 1. The molecule has 2 aromatic rings. The minimum Gasteiger partial charge on any atom is -0.361 e. The minimum atomic E-state index is 0.411. The Morgan fingerprint density at radius 2 is 2.42 bits per heavy atom. The predicted octanol–water partition coefficient (Wildman–Crippen LogP) is 4.20. The van der Waals surface area contributed by atoms with Gasteiger partial charge in [0.25, 0.3) is 0 Å². The maximum atomic E-state index is 5.45. The van der Waals surface area contributed by atoms with Crippen molar-refractivity contribution >= 4 is 11.3 Å². The Kier molecular flexibility index (Phi) is 3.71. The second-order valence-electron chi connectivity index (χ2n) is 5.52. The zero-order valence-corrected chi connectivity index (χ0v) is 12.3. The molecule has 0 N–H and O–H groups in total. The van der Waals surface area contributed by atoms with E-state index < -0.39 is 0 Å². The van der Waals surface area contributed by atoms with Crippen LogP contribution in [0.15, 0.2) is 28.1 Å². The summed E-state index contributed by atoms with van der Waals surface area (Å²) in [5.74, 6) is 1.41. The van der Waals surface area contributed by atoms with Crippen molar-refractivity contribution in [3.05, 3.63) is 39.9 Å². The summed E-state index contributed by atoms with van der Waals surface area (Å²) in [6, 6.07) is 6.90. The highest BCUT2D eigenvalue weighted by Gasteiger charge is 2.29. The molecule has 0 saturated carbocycles. The molecule has 1 aliphatic rings. The summed E-state index contributed by atoms with van der Waals surface area (Å²) in [6.45, 7) is 6.48. The molecule has 1 atom stereocenters. The van der Waals surface area contributed by atoms with Crippen LogP contribution in [-0.2, 0) is 6.54 Å². The van der Waals surface area contributed by atoms with Crippen LogP contribution >= 0.6 is 11.3 Å². The van der Waals surface area contributed by atoms with Crippen LogP contribution in [0, 0.1) is 0 Å². The van der Waals surface area contributed by atoms with Gasteiger partial charge in [0.05, 0.1) is 6.04 Å². The summed E-state index contributed by atoms with van der Waals surface area (Å²) >= 11 is 1.83. The fourth-order valence-corrected chi connectivity index (χ4v) is 3.42. The Bertz CT molecular complexity index is 518. The van der Waals surface area contributed by atoms with Crippen LogP contribution < -0.4 is 0 Å². The smallest absolute Gasteiger partial charge is 0.139 e. The molecule has 4 heteroatoms. The summed E-state index contributed by atoms with van der Waals surface area (Å²) in [7, 11) is 0. The number of rotatable bonds is 4. The normalized spacial score (nSPS) is 20.5. The van der Waals surface area contributed by atoms with Crippen LogP contribution in [0.3, 0.4) is 0 Å². The Balaban J connectivity index is 1.74. The molecule has 102 valence electrons. The molecule has 3 rings (SSSR count). The Hall–Kier alpha value is -1.13. The van der Waals surface area contributed by atoms with Gasteiger partial charge in [-0.1, -0.05) is 25.1 Å². The third kappa shape index (κ3) is 2.74. The summed E-state index contributed by atoms with van der Waals surface area (Å²) < 4.78 is 5.45. The van der Waals surface area contributed by atoms with E-state index >= 15 is 0 Å². The van der Waals surface area contributed by atoms with Crippen molar-refractivity contribution in [1.29, 1.82) is 0 Å². The van der Waals surface area contributed by atoms with Crippen LogP contribution in [-0.4, -0.2) is 16.6 Å². The number of nitrogens with zero attached hydrogens (tertiary/aromatic N) is 2. The average molecular weight is 276 g/mol. The molecule has 19 heavy (non-hydrogen) atoms. The van der Waals surface area contributed by atoms with Gasteiger partial charge in [-0.15, -0.1) is 11.3 Å². The zero-order valence-electron chi connectivity index (χ0n) is 11.5. The van der Waals surface area contributed by atoms with Crippen LogP contribution in [0.5, 0.6) is 0 Å². The van der Waals surface area contributed by atoms with Gasteiger partial charge in [-0.25, -0.2) is 0 Å². The Morgan fingerprint density at radius 3 is 3.11 bits per heavy atom. The summed E-state index contributed by atoms with van der Waals surface area (Å²) in [5, 5.41) is 6.43. The maximum Gasteiger partial charge on any atom is 0.139 e. The molecule has 3 heterocycles. The molecule has 1 saturated heterocycles. The highest BCUT2D eigenvalue weighted by Crippen LogP contribution is 2.34. The first-order valence-electron chi connectivity index (χ1n) is 6.97. The fourth-order valence-electron chi connectivity index (χ4n) is 2.69. The van der Waals surface area contributed by atoms with Crippen molar-refractivity contribution in [2.75, 3.05) is 6.54 Å². The molecule has 2 aromatic heterocycles. The SMILES string of the molecule is CC(C)c1cc(C2CCCN2Cc2cccs2)no1. The third-order valence-electron chi connectivity index (χ3n) is 3.76. The van der Waals surface area contributed by atoms with Crippen molar-refractivity contribution in [1.82, 2.24) is 10.1 Å². The monoisotopic (exact) mass is 276 g/mol. The number of hydrogen-bond donors (Lipinski definition) is 0. The third-order valence-corrected chi connectivity index (χ3v) is 4.62. The highest BCUT2D eigenvalue weighted by atomic mass is 32.1. The predicted molar refractivity (Wildman–Crippen MR) is 77.3 cm³/mol. The van der Waals surface area contributed by atoms with Gasteiger partial charge < -0.3 is 4.52 Å². The van der Waals surface area contributed by atoms with E-state index in [4.69, 9.17) is 4.52 Å².